The predicted molar refractivity (Wildman–Crippen MR) is 52.2 cm³/mol. The number of aromatic nitrogens is 3. The van der Waals surface area contributed by atoms with Gasteiger partial charge in [0.2, 0.25) is 0 Å². The largest absolute Gasteiger partial charge is 0.269 e. The van der Waals surface area contributed by atoms with Gasteiger partial charge in [0.25, 0.3) is 5.69 Å². The van der Waals surface area contributed by atoms with Gasteiger partial charge in [0.05, 0.1) is 17.7 Å². The molecule has 6 nitrogen and oxygen atoms in total. The van der Waals surface area contributed by atoms with Crippen molar-refractivity contribution >= 4 is 5.69 Å². The Balaban J connectivity index is 2.14. The van der Waals surface area contributed by atoms with Gasteiger partial charge in [-0.15, -0.1) is 5.10 Å². The summed E-state index contributed by atoms with van der Waals surface area (Å²) < 4.78 is 1.65. The fourth-order valence-electron chi connectivity index (χ4n) is 1.23. The molecule has 0 saturated heterocycles. The Kier molecular flexibility index (Phi) is 2.40. The van der Waals surface area contributed by atoms with Crippen molar-refractivity contribution in [3.05, 3.63) is 52.3 Å². The van der Waals surface area contributed by atoms with E-state index in [4.69, 9.17) is 0 Å². The number of rotatable bonds is 3. The van der Waals surface area contributed by atoms with E-state index in [9.17, 15) is 10.1 Å². The molecule has 0 fully saturated rings. The summed E-state index contributed by atoms with van der Waals surface area (Å²) in [5.41, 5.74) is 1.04. The summed E-state index contributed by atoms with van der Waals surface area (Å²) in [6.45, 7) is 0.567. The highest BCUT2D eigenvalue weighted by atomic mass is 16.6. The van der Waals surface area contributed by atoms with E-state index in [1.807, 2.05) is 0 Å². The molecular formula is C9H8N4O2. The van der Waals surface area contributed by atoms with Gasteiger partial charge in [0, 0.05) is 18.3 Å². The van der Waals surface area contributed by atoms with Gasteiger partial charge in [-0.25, -0.2) is 4.68 Å². The Bertz CT molecular complexity index is 449. The maximum Gasteiger partial charge on any atom is 0.269 e. The predicted octanol–water partition coefficient (Wildman–Crippen LogP) is 1.23. The molecule has 1 aromatic carbocycles. The molecule has 0 N–H and O–H groups in total. The average molecular weight is 204 g/mol. The number of nitrogens with zero attached hydrogens (tertiary/aromatic N) is 4. The third-order valence-corrected chi connectivity index (χ3v) is 1.96. The zero-order valence-electron chi connectivity index (χ0n) is 7.78. The van der Waals surface area contributed by atoms with Gasteiger partial charge in [0.1, 0.15) is 0 Å². The molecule has 0 saturated carbocycles. The summed E-state index contributed by atoms with van der Waals surface area (Å²) in [7, 11) is 0. The lowest BCUT2D eigenvalue weighted by molar-refractivity contribution is -0.384. The lowest BCUT2D eigenvalue weighted by Gasteiger charge is -1.99. The number of nitro benzene ring substituents is 1. The van der Waals surface area contributed by atoms with Gasteiger partial charge in [-0.1, -0.05) is 17.3 Å². The van der Waals surface area contributed by atoms with Crippen LogP contribution in [0.15, 0.2) is 36.7 Å². The van der Waals surface area contributed by atoms with Gasteiger partial charge in [-0.05, 0) is 5.56 Å². The van der Waals surface area contributed by atoms with Crippen molar-refractivity contribution in [2.75, 3.05) is 0 Å². The van der Waals surface area contributed by atoms with Crippen molar-refractivity contribution in [2.24, 2.45) is 0 Å². The molecule has 0 aliphatic rings. The Hall–Kier alpha value is -2.24. The van der Waals surface area contributed by atoms with E-state index in [1.165, 1.54) is 12.1 Å². The van der Waals surface area contributed by atoms with Crippen LogP contribution in [-0.2, 0) is 6.54 Å². The SMILES string of the molecule is O=[N+]([O-])c1ccc(Cn2ccnn2)cc1. The van der Waals surface area contributed by atoms with Crippen molar-refractivity contribution in [1.82, 2.24) is 15.0 Å². The Morgan fingerprint density at radius 2 is 2.07 bits per heavy atom. The summed E-state index contributed by atoms with van der Waals surface area (Å²) in [4.78, 5) is 9.99. The van der Waals surface area contributed by atoms with E-state index in [-0.39, 0.29) is 5.69 Å². The van der Waals surface area contributed by atoms with Crippen molar-refractivity contribution in [1.29, 1.82) is 0 Å². The molecule has 15 heavy (non-hydrogen) atoms. The van der Waals surface area contributed by atoms with Crippen molar-refractivity contribution in [2.45, 2.75) is 6.54 Å². The second-order valence-corrected chi connectivity index (χ2v) is 3.02. The zero-order chi connectivity index (χ0) is 10.7. The Labute approximate surface area is 85.3 Å². The summed E-state index contributed by atoms with van der Waals surface area (Å²) in [5.74, 6) is 0. The molecule has 1 aromatic heterocycles. The molecule has 0 unspecified atom stereocenters. The Morgan fingerprint density at radius 3 is 2.60 bits per heavy atom. The van der Waals surface area contributed by atoms with Crippen LogP contribution in [0.3, 0.4) is 0 Å². The number of nitro groups is 1. The van der Waals surface area contributed by atoms with Gasteiger partial charge in [-0.3, -0.25) is 10.1 Å². The molecule has 2 aromatic rings. The van der Waals surface area contributed by atoms with E-state index in [2.05, 4.69) is 10.3 Å². The first-order valence-corrected chi connectivity index (χ1v) is 4.33. The monoisotopic (exact) mass is 204 g/mol. The van der Waals surface area contributed by atoms with Gasteiger partial charge in [0.15, 0.2) is 0 Å². The van der Waals surface area contributed by atoms with Gasteiger partial charge < -0.3 is 0 Å². The molecule has 0 bridgehead atoms. The molecule has 0 radical (unpaired) electrons. The van der Waals surface area contributed by atoms with Gasteiger partial charge >= 0.3 is 0 Å². The summed E-state index contributed by atoms with van der Waals surface area (Å²) >= 11 is 0. The second-order valence-electron chi connectivity index (χ2n) is 3.02. The minimum absolute atomic E-state index is 0.0948. The van der Waals surface area contributed by atoms with Crippen LogP contribution in [0, 0.1) is 10.1 Å². The van der Waals surface area contributed by atoms with E-state index in [0.717, 1.165) is 5.56 Å². The molecule has 0 aliphatic heterocycles. The number of hydrogen-bond acceptors (Lipinski definition) is 4. The fraction of sp³-hybridized carbons (Fsp3) is 0.111. The smallest absolute Gasteiger partial charge is 0.258 e. The standard InChI is InChI=1S/C9H8N4O2/c14-13(15)9-3-1-8(2-4-9)7-12-6-5-10-11-12/h1-6H,7H2. The van der Waals surface area contributed by atoms with Crippen molar-refractivity contribution < 1.29 is 4.92 Å². The van der Waals surface area contributed by atoms with Crippen LogP contribution in [0.4, 0.5) is 5.69 Å². The van der Waals surface area contributed by atoms with Crippen LogP contribution in [0.5, 0.6) is 0 Å². The number of benzene rings is 1. The molecule has 76 valence electrons. The summed E-state index contributed by atoms with van der Waals surface area (Å²) in [6, 6.07) is 6.37. The van der Waals surface area contributed by atoms with Gasteiger partial charge in [-0.2, -0.15) is 0 Å². The lowest BCUT2D eigenvalue weighted by atomic mass is 10.2. The first-order valence-electron chi connectivity index (χ1n) is 4.33. The lowest BCUT2D eigenvalue weighted by Crippen LogP contribution is -2.00. The Morgan fingerprint density at radius 1 is 1.33 bits per heavy atom. The van der Waals surface area contributed by atoms with Crippen LogP contribution in [0.2, 0.25) is 0 Å². The maximum atomic E-state index is 10.4. The van der Waals surface area contributed by atoms with E-state index >= 15 is 0 Å². The molecule has 0 amide bonds. The van der Waals surface area contributed by atoms with Crippen LogP contribution >= 0.6 is 0 Å². The topological polar surface area (TPSA) is 73.8 Å². The third-order valence-electron chi connectivity index (χ3n) is 1.96. The maximum absolute atomic E-state index is 10.4. The summed E-state index contributed by atoms with van der Waals surface area (Å²) in [6.07, 6.45) is 3.33. The quantitative estimate of drug-likeness (QED) is 0.556. The molecule has 0 atom stereocenters. The molecule has 0 aliphatic carbocycles. The first kappa shape index (κ1) is 9.32. The third kappa shape index (κ3) is 2.16. The van der Waals surface area contributed by atoms with Crippen LogP contribution < -0.4 is 0 Å². The fourth-order valence-corrected chi connectivity index (χ4v) is 1.23. The molecule has 2 rings (SSSR count). The first-order chi connectivity index (χ1) is 7.25. The van der Waals surface area contributed by atoms with Crippen LogP contribution in [0.25, 0.3) is 0 Å². The normalized spacial score (nSPS) is 10.1. The second kappa shape index (κ2) is 3.87. The highest BCUT2D eigenvalue weighted by Gasteiger charge is 2.03. The molecule has 6 heteroatoms. The number of hydrogen-bond donors (Lipinski definition) is 0. The minimum atomic E-state index is -0.417. The van der Waals surface area contributed by atoms with Crippen molar-refractivity contribution in [3.63, 3.8) is 0 Å². The zero-order valence-corrected chi connectivity index (χ0v) is 7.78. The average Bonchev–Trinajstić information content (AvgIpc) is 2.71. The minimum Gasteiger partial charge on any atom is -0.258 e. The number of non-ortho nitro benzene ring substituents is 1. The van der Waals surface area contributed by atoms with Crippen molar-refractivity contribution in [3.8, 4) is 0 Å². The van der Waals surface area contributed by atoms with E-state index in [1.54, 1.807) is 29.2 Å². The molecule has 0 spiro atoms. The highest BCUT2D eigenvalue weighted by molar-refractivity contribution is 5.32. The van der Waals surface area contributed by atoms with Crippen LogP contribution in [0.1, 0.15) is 5.56 Å². The molecular weight excluding hydrogens is 196 g/mol. The van der Waals surface area contributed by atoms with E-state index < -0.39 is 4.92 Å². The van der Waals surface area contributed by atoms with Crippen LogP contribution in [-0.4, -0.2) is 19.9 Å². The molecule has 1 heterocycles. The van der Waals surface area contributed by atoms with E-state index in [0.29, 0.717) is 6.54 Å². The highest BCUT2D eigenvalue weighted by Crippen LogP contribution is 2.12. The summed E-state index contributed by atoms with van der Waals surface area (Å²) in [5, 5.41) is 17.9.